The molecule has 0 bridgehead atoms. The van der Waals surface area contributed by atoms with Crippen molar-refractivity contribution in [3.63, 3.8) is 0 Å². The molecule has 47 heavy (non-hydrogen) atoms. The van der Waals surface area contributed by atoms with Gasteiger partial charge < -0.3 is 0 Å². The summed E-state index contributed by atoms with van der Waals surface area (Å²) in [5.74, 6) is 0. The Hall–Kier alpha value is -5.72. The first-order valence-electron chi connectivity index (χ1n) is 16.3. The van der Waals surface area contributed by atoms with E-state index < -0.39 is 0 Å². The Morgan fingerprint density at radius 1 is 0.617 bits per heavy atom. The van der Waals surface area contributed by atoms with Gasteiger partial charge in [-0.25, -0.2) is 0 Å². The van der Waals surface area contributed by atoms with Crippen molar-refractivity contribution in [2.24, 2.45) is 0 Å². The standard InChI is InChI=1S/C47H38/c1-5-16-36(30-33(4)39-28-13-18-32(3)38(39)17-6-2)46-42-24-9-11-26-44(42)47(45-27-12-10-25-43(45)46)37-22-14-21-35(31-37)41-29-15-20-34-19-7-8-23-40(34)41/h5-31H,1H2,2-4H3/b17-6-,33-30+,36-16+. The van der Waals surface area contributed by atoms with Crippen LogP contribution in [0.1, 0.15) is 36.1 Å². The van der Waals surface area contributed by atoms with Gasteiger partial charge >= 0.3 is 0 Å². The van der Waals surface area contributed by atoms with Crippen molar-refractivity contribution in [3.8, 4) is 22.3 Å². The molecule has 0 heteroatoms. The van der Waals surface area contributed by atoms with Crippen LogP contribution in [0.4, 0.5) is 0 Å². The zero-order valence-corrected chi connectivity index (χ0v) is 27.3. The first-order chi connectivity index (χ1) is 23.1. The molecule has 0 atom stereocenters. The molecule has 226 valence electrons. The van der Waals surface area contributed by atoms with E-state index in [2.05, 4.69) is 185 Å². The second-order valence-electron chi connectivity index (χ2n) is 12.2. The third-order valence-electron chi connectivity index (χ3n) is 9.22. The van der Waals surface area contributed by atoms with Crippen LogP contribution in [0.2, 0.25) is 0 Å². The second-order valence-corrected chi connectivity index (χ2v) is 12.2. The van der Waals surface area contributed by atoms with Gasteiger partial charge in [-0.05, 0) is 115 Å². The lowest BCUT2D eigenvalue weighted by atomic mass is 9.84. The van der Waals surface area contributed by atoms with Crippen LogP contribution in [-0.4, -0.2) is 0 Å². The number of rotatable bonds is 7. The van der Waals surface area contributed by atoms with Crippen LogP contribution < -0.4 is 0 Å². The van der Waals surface area contributed by atoms with Crippen LogP contribution in [0, 0.1) is 6.92 Å². The van der Waals surface area contributed by atoms with Crippen LogP contribution in [0.15, 0.2) is 164 Å². The zero-order chi connectivity index (χ0) is 32.3. The summed E-state index contributed by atoms with van der Waals surface area (Å²) in [6.45, 7) is 10.6. The molecule has 7 aromatic rings. The van der Waals surface area contributed by atoms with Crippen LogP contribution in [0.3, 0.4) is 0 Å². The van der Waals surface area contributed by atoms with Gasteiger partial charge in [0.25, 0.3) is 0 Å². The minimum absolute atomic E-state index is 1.15. The number of fused-ring (bicyclic) bond motifs is 3. The molecule has 0 aliphatic carbocycles. The first-order valence-corrected chi connectivity index (χ1v) is 16.3. The largest absolute Gasteiger partial charge is 0.0990 e. The van der Waals surface area contributed by atoms with Crippen LogP contribution in [0.25, 0.3) is 71.8 Å². The third kappa shape index (κ3) is 5.53. The Labute approximate surface area is 278 Å². The molecule has 0 spiro atoms. The molecule has 7 aromatic carbocycles. The SMILES string of the molecule is C=C/C=C(\C=C(/C)c1cccc(C)c1/C=C\C)c1c2ccccc2c(-c2cccc(-c3cccc4ccccc34)c2)c2ccccc12. The average Bonchev–Trinajstić information content (AvgIpc) is 3.11. The minimum Gasteiger partial charge on any atom is -0.0990 e. The Balaban J connectivity index is 1.48. The molecule has 0 unspecified atom stereocenters. The van der Waals surface area contributed by atoms with Gasteiger partial charge in [-0.2, -0.15) is 0 Å². The van der Waals surface area contributed by atoms with E-state index in [1.165, 1.54) is 82.4 Å². The third-order valence-corrected chi connectivity index (χ3v) is 9.22. The average molecular weight is 603 g/mol. The highest BCUT2D eigenvalue weighted by Crippen LogP contribution is 2.44. The van der Waals surface area contributed by atoms with E-state index in [4.69, 9.17) is 0 Å². The van der Waals surface area contributed by atoms with Gasteiger partial charge in [0.05, 0.1) is 0 Å². The van der Waals surface area contributed by atoms with E-state index in [0.29, 0.717) is 0 Å². The van der Waals surface area contributed by atoms with E-state index in [9.17, 15) is 0 Å². The molecular formula is C47H38. The molecule has 0 aromatic heterocycles. The summed E-state index contributed by atoms with van der Waals surface area (Å²) in [7, 11) is 0. The Morgan fingerprint density at radius 2 is 1.21 bits per heavy atom. The molecule has 0 fully saturated rings. The zero-order valence-electron chi connectivity index (χ0n) is 27.3. The monoisotopic (exact) mass is 602 g/mol. The van der Waals surface area contributed by atoms with Crippen molar-refractivity contribution < 1.29 is 0 Å². The van der Waals surface area contributed by atoms with Gasteiger partial charge in [0, 0.05) is 0 Å². The summed E-state index contributed by atoms with van der Waals surface area (Å²) < 4.78 is 0. The van der Waals surface area contributed by atoms with Gasteiger partial charge in [0.15, 0.2) is 0 Å². The maximum Gasteiger partial charge on any atom is -0.00262 e. The maximum absolute atomic E-state index is 4.14. The lowest BCUT2D eigenvalue weighted by molar-refractivity contribution is 1.40. The number of hydrogen-bond acceptors (Lipinski definition) is 0. The molecule has 0 saturated heterocycles. The van der Waals surface area contributed by atoms with Crippen LogP contribution in [-0.2, 0) is 0 Å². The molecule has 0 heterocycles. The van der Waals surface area contributed by atoms with Crippen LogP contribution >= 0.6 is 0 Å². The molecule has 0 N–H and O–H groups in total. The summed E-state index contributed by atoms with van der Waals surface area (Å²) in [6.07, 6.45) is 10.7. The fourth-order valence-corrected chi connectivity index (χ4v) is 7.12. The van der Waals surface area contributed by atoms with Crippen molar-refractivity contribution in [2.75, 3.05) is 0 Å². The van der Waals surface area contributed by atoms with Gasteiger partial charge in [-0.1, -0.05) is 164 Å². The lowest BCUT2D eigenvalue weighted by Crippen LogP contribution is -1.95. The van der Waals surface area contributed by atoms with Gasteiger partial charge in [0.1, 0.15) is 0 Å². The number of aryl methyl sites for hydroxylation is 1. The minimum atomic E-state index is 1.15. The van der Waals surface area contributed by atoms with E-state index >= 15 is 0 Å². The Bertz CT molecular complexity index is 2330. The maximum atomic E-state index is 4.14. The van der Waals surface area contributed by atoms with E-state index in [1.54, 1.807) is 0 Å². The van der Waals surface area contributed by atoms with Gasteiger partial charge in [-0.3, -0.25) is 0 Å². The fraction of sp³-hybridized carbons (Fsp3) is 0.0638. The highest BCUT2D eigenvalue weighted by atomic mass is 14.2. The molecule has 0 aliphatic rings. The van der Waals surface area contributed by atoms with Crippen LogP contribution in [0.5, 0.6) is 0 Å². The summed E-state index contributed by atoms with van der Waals surface area (Å²) in [4.78, 5) is 0. The topological polar surface area (TPSA) is 0 Å². The van der Waals surface area contributed by atoms with Crippen molar-refractivity contribution in [3.05, 3.63) is 187 Å². The molecule has 0 radical (unpaired) electrons. The number of benzene rings is 7. The molecule has 0 saturated carbocycles. The van der Waals surface area contributed by atoms with Crippen molar-refractivity contribution in [1.29, 1.82) is 0 Å². The van der Waals surface area contributed by atoms with E-state index in [1.807, 2.05) is 6.08 Å². The van der Waals surface area contributed by atoms with E-state index in [0.717, 1.165) is 5.57 Å². The molecule has 7 rings (SSSR count). The van der Waals surface area contributed by atoms with Crippen molar-refractivity contribution >= 4 is 49.5 Å². The second kappa shape index (κ2) is 12.9. The van der Waals surface area contributed by atoms with Gasteiger partial charge in [0.2, 0.25) is 0 Å². The Morgan fingerprint density at radius 3 is 1.91 bits per heavy atom. The smallest absolute Gasteiger partial charge is 0.00262 e. The Kier molecular flexibility index (Phi) is 8.25. The summed E-state index contributed by atoms with van der Waals surface area (Å²) in [5, 5.41) is 7.46. The first kappa shape index (κ1) is 30.0. The molecule has 0 nitrogen and oxygen atoms in total. The quantitative estimate of drug-likeness (QED) is 0.126. The highest BCUT2D eigenvalue weighted by Gasteiger charge is 2.18. The number of hydrogen-bond donors (Lipinski definition) is 0. The predicted molar refractivity (Wildman–Crippen MR) is 208 cm³/mol. The van der Waals surface area contributed by atoms with Crippen molar-refractivity contribution in [1.82, 2.24) is 0 Å². The summed E-state index contributed by atoms with van der Waals surface area (Å²) in [6, 6.07) is 48.6. The predicted octanol–water partition coefficient (Wildman–Crippen LogP) is 13.5. The summed E-state index contributed by atoms with van der Waals surface area (Å²) >= 11 is 0. The molecule has 0 amide bonds. The van der Waals surface area contributed by atoms with Gasteiger partial charge in [-0.15, -0.1) is 0 Å². The lowest BCUT2D eigenvalue weighted by Gasteiger charge is -2.19. The normalized spacial score (nSPS) is 12.4. The number of allylic oxidation sites excluding steroid dienone is 6. The van der Waals surface area contributed by atoms with E-state index in [-0.39, 0.29) is 0 Å². The van der Waals surface area contributed by atoms with Crippen molar-refractivity contribution in [2.45, 2.75) is 20.8 Å². The summed E-state index contributed by atoms with van der Waals surface area (Å²) in [5.41, 5.74) is 12.3. The fourth-order valence-electron chi connectivity index (χ4n) is 7.12. The molecular weight excluding hydrogens is 565 g/mol. The molecule has 0 aliphatic heterocycles. The highest BCUT2D eigenvalue weighted by molar-refractivity contribution is 6.20.